The average Bonchev–Trinajstić information content (AvgIpc) is 2.49. The first-order chi connectivity index (χ1) is 9.96. The Bertz CT molecular complexity index is 543. The van der Waals surface area contributed by atoms with Gasteiger partial charge in [-0.25, -0.2) is 8.42 Å². The van der Waals surface area contributed by atoms with Crippen molar-refractivity contribution >= 4 is 9.84 Å². The van der Waals surface area contributed by atoms with E-state index in [-0.39, 0.29) is 23.6 Å². The lowest BCUT2D eigenvalue weighted by Gasteiger charge is -2.37. The van der Waals surface area contributed by atoms with Crippen molar-refractivity contribution in [3.05, 3.63) is 29.8 Å². The number of rotatable bonds is 5. The van der Waals surface area contributed by atoms with Gasteiger partial charge >= 0.3 is 0 Å². The highest BCUT2D eigenvalue weighted by Crippen LogP contribution is 2.28. The first-order valence-corrected chi connectivity index (χ1v) is 9.13. The molecule has 1 saturated heterocycles. The Morgan fingerprint density at radius 2 is 1.81 bits per heavy atom. The van der Waals surface area contributed by atoms with Crippen LogP contribution in [0.4, 0.5) is 0 Å². The van der Waals surface area contributed by atoms with Crippen LogP contribution in [0.5, 0.6) is 5.75 Å². The summed E-state index contributed by atoms with van der Waals surface area (Å²) in [5.74, 6) is 1.25. The third-order valence-electron chi connectivity index (χ3n) is 4.11. The molecule has 1 aromatic rings. The molecule has 2 N–H and O–H groups in total. The fourth-order valence-electron chi connectivity index (χ4n) is 2.76. The number of hydrogen-bond donors (Lipinski definition) is 1. The fraction of sp³-hybridized carbons (Fsp3) is 0.600. The molecule has 0 saturated carbocycles. The first kappa shape index (κ1) is 16.3. The molecule has 0 aromatic heterocycles. The van der Waals surface area contributed by atoms with Crippen LogP contribution < -0.4 is 10.5 Å². The zero-order chi connectivity index (χ0) is 15.5. The molecule has 1 aliphatic heterocycles. The SMILES string of the molecule is CCC(N)C(c1ccc(OC)cc1)N1CCS(=O)(=O)CC1. The molecule has 6 heteroatoms. The van der Waals surface area contributed by atoms with Gasteiger partial charge in [0.25, 0.3) is 0 Å². The number of hydrogen-bond acceptors (Lipinski definition) is 5. The van der Waals surface area contributed by atoms with Crippen LogP contribution >= 0.6 is 0 Å². The second-order valence-electron chi connectivity index (χ2n) is 5.48. The fourth-order valence-corrected chi connectivity index (χ4v) is 3.99. The summed E-state index contributed by atoms with van der Waals surface area (Å²) in [6.07, 6.45) is 0.847. The summed E-state index contributed by atoms with van der Waals surface area (Å²) in [5, 5.41) is 0. The minimum atomic E-state index is -2.88. The predicted molar refractivity (Wildman–Crippen MR) is 84.2 cm³/mol. The smallest absolute Gasteiger partial charge is 0.152 e. The molecule has 21 heavy (non-hydrogen) atoms. The molecule has 1 fully saturated rings. The van der Waals surface area contributed by atoms with Gasteiger partial charge in [-0.15, -0.1) is 0 Å². The Morgan fingerprint density at radius 3 is 2.29 bits per heavy atom. The van der Waals surface area contributed by atoms with Gasteiger partial charge in [0.2, 0.25) is 0 Å². The topological polar surface area (TPSA) is 72.6 Å². The molecule has 0 radical (unpaired) electrons. The van der Waals surface area contributed by atoms with E-state index in [4.69, 9.17) is 10.5 Å². The second-order valence-corrected chi connectivity index (χ2v) is 7.78. The van der Waals surface area contributed by atoms with Crippen molar-refractivity contribution < 1.29 is 13.2 Å². The molecule has 1 aliphatic rings. The van der Waals surface area contributed by atoms with Crippen LogP contribution in [-0.2, 0) is 9.84 Å². The number of sulfone groups is 1. The van der Waals surface area contributed by atoms with E-state index >= 15 is 0 Å². The minimum Gasteiger partial charge on any atom is -0.497 e. The summed E-state index contributed by atoms with van der Waals surface area (Å²) in [6.45, 7) is 3.15. The third-order valence-corrected chi connectivity index (χ3v) is 5.72. The summed E-state index contributed by atoms with van der Waals surface area (Å²) in [5.41, 5.74) is 7.41. The largest absolute Gasteiger partial charge is 0.497 e. The lowest BCUT2D eigenvalue weighted by Crippen LogP contribution is -2.48. The van der Waals surface area contributed by atoms with E-state index in [1.165, 1.54) is 0 Å². The highest BCUT2D eigenvalue weighted by Gasteiger charge is 2.30. The third kappa shape index (κ3) is 3.96. The van der Waals surface area contributed by atoms with Gasteiger partial charge in [0, 0.05) is 25.2 Å². The minimum absolute atomic E-state index is 0.0146. The standard InChI is InChI=1S/C15H24N2O3S/c1-3-14(16)15(12-4-6-13(20-2)7-5-12)17-8-10-21(18,19)11-9-17/h4-7,14-15H,3,8-11,16H2,1-2H3. The van der Waals surface area contributed by atoms with Gasteiger partial charge in [0.1, 0.15) is 5.75 Å². The van der Waals surface area contributed by atoms with Crippen LogP contribution in [0.1, 0.15) is 24.9 Å². The van der Waals surface area contributed by atoms with Crippen LogP contribution in [0.3, 0.4) is 0 Å². The van der Waals surface area contributed by atoms with Gasteiger partial charge in [-0.05, 0) is 24.1 Å². The monoisotopic (exact) mass is 312 g/mol. The summed E-state index contributed by atoms with van der Waals surface area (Å²) >= 11 is 0. The van der Waals surface area contributed by atoms with Crippen molar-refractivity contribution in [1.29, 1.82) is 0 Å². The predicted octanol–water partition coefficient (Wildman–Crippen LogP) is 1.20. The maximum atomic E-state index is 11.6. The van der Waals surface area contributed by atoms with Gasteiger partial charge in [-0.1, -0.05) is 19.1 Å². The zero-order valence-electron chi connectivity index (χ0n) is 12.7. The van der Waals surface area contributed by atoms with E-state index in [2.05, 4.69) is 11.8 Å². The quantitative estimate of drug-likeness (QED) is 0.884. The number of benzene rings is 1. The summed E-state index contributed by atoms with van der Waals surface area (Å²) in [6, 6.07) is 7.91. The van der Waals surface area contributed by atoms with Crippen molar-refractivity contribution in [2.45, 2.75) is 25.4 Å². The highest BCUT2D eigenvalue weighted by molar-refractivity contribution is 7.91. The Morgan fingerprint density at radius 1 is 1.24 bits per heavy atom. The number of nitrogens with zero attached hydrogens (tertiary/aromatic N) is 1. The van der Waals surface area contributed by atoms with Crippen molar-refractivity contribution in [1.82, 2.24) is 4.90 Å². The molecule has 2 unspecified atom stereocenters. The van der Waals surface area contributed by atoms with Crippen LogP contribution in [0.2, 0.25) is 0 Å². The lowest BCUT2D eigenvalue weighted by atomic mass is 9.96. The summed E-state index contributed by atoms with van der Waals surface area (Å²) < 4.78 is 28.4. The van der Waals surface area contributed by atoms with Crippen molar-refractivity contribution in [2.75, 3.05) is 31.7 Å². The maximum Gasteiger partial charge on any atom is 0.152 e. The molecule has 1 aromatic carbocycles. The molecule has 5 nitrogen and oxygen atoms in total. The molecule has 0 spiro atoms. The van der Waals surface area contributed by atoms with Crippen LogP contribution in [0.15, 0.2) is 24.3 Å². The molecular weight excluding hydrogens is 288 g/mol. The van der Waals surface area contributed by atoms with Crippen LogP contribution in [0, 0.1) is 0 Å². The second kappa shape index (κ2) is 6.77. The highest BCUT2D eigenvalue weighted by atomic mass is 32.2. The zero-order valence-corrected chi connectivity index (χ0v) is 13.5. The lowest BCUT2D eigenvalue weighted by molar-refractivity contribution is 0.183. The molecule has 0 bridgehead atoms. The Kier molecular flexibility index (Phi) is 5.24. The number of nitrogens with two attached hydrogens (primary N) is 1. The number of ether oxygens (including phenoxy) is 1. The Labute approximate surface area is 127 Å². The molecule has 2 atom stereocenters. The Hall–Kier alpha value is -1.11. The van der Waals surface area contributed by atoms with Gasteiger partial charge in [0.15, 0.2) is 9.84 Å². The normalized spacial score (nSPS) is 21.7. The van der Waals surface area contributed by atoms with E-state index < -0.39 is 9.84 Å². The molecule has 0 aliphatic carbocycles. The van der Waals surface area contributed by atoms with E-state index in [0.29, 0.717) is 13.1 Å². The summed E-state index contributed by atoms with van der Waals surface area (Å²) in [7, 11) is -1.24. The van der Waals surface area contributed by atoms with Crippen molar-refractivity contribution in [3.63, 3.8) is 0 Å². The molecule has 1 heterocycles. The van der Waals surface area contributed by atoms with Crippen molar-refractivity contribution in [2.24, 2.45) is 5.73 Å². The van der Waals surface area contributed by atoms with Gasteiger partial charge in [0.05, 0.1) is 18.6 Å². The van der Waals surface area contributed by atoms with E-state index in [1.54, 1.807) is 7.11 Å². The summed E-state index contributed by atoms with van der Waals surface area (Å²) in [4.78, 5) is 2.19. The van der Waals surface area contributed by atoms with Gasteiger partial charge in [-0.2, -0.15) is 0 Å². The molecule has 118 valence electrons. The molecule has 2 rings (SSSR count). The Balaban J connectivity index is 2.22. The first-order valence-electron chi connectivity index (χ1n) is 7.31. The van der Waals surface area contributed by atoms with Crippen LogP contribution in [0.25, 0.3) is 0 Å². The van der Waals surface area contributed by atoms with E-state index in [1.807, 2.05) is 24.3 Å². The van der Waals surface area contributed by atoms with Gasteiger partial charge < -0.3 is 10.5 Å². The number of methoxy groups -OCH3 is 1. The van der Waals surface area contributed by atoms with Crippen LogP contribution in [-0.4, -0.2) is 51.1 Å². The van der Waals surface area contributed by atoms with Gasteiger partial charge in [-0.3, -0.25) is 4.90 Å². The average molecular weight is 312 g/mol. The van der Waals surface area contributed by atoms with E-state index in [0.717, 1.165) is 17.7 Å². The van der Waals surface area contributed by atoms with E-state index in [9.17, 15) is 8.42 Å². The molecular formula is C15H24N2O3S. The molecule has 0 amide bonds. The maximum absolute atomic E-state index is 11.6. The van der Waals surface area contributed by atoms with Crippen molar-refractivity contribution in [3.8, 4) is 5.75 Å².